The highest BCUT2D eigenvalue weighted by Gasteiger charge is 2.34. The Morgan fingerprint density at radius 3 is 2.95 bits per heavy atom. The molecule has 2 aliphatic rings. The van der Waals surface area contributed by atoms with E-state index in [-0.39, 0.29) is 11.8 Å². The van der Waals surface area contributed by atoms with Crippen molar-refractivity contribution in [1.82, 2.24) is 4.90 Å². The second kappa shape index (κ2) is 6.00. The predicted octanol–water partition coefficient (Wildman–Crippen LogP) is 1.81. The van der Waals surface area contributed by atoms with Gasteiger partial charge in [-0.25, -0.2) is 4.79 Å². The minimum Gasteiger partial charge on any atom is -0.480 e. The summed E-state index contributed by atoms with van der Waals surface area (Å²) in [6.07, 6.45) is 1.62. The number of carboxylic acid groups (broad SMARTS) is 1. The molecule has 6 nitrogen and oxygen atoms in total. The highest BCUT2D eigenvalue weighted by atomic mass is 32.2. The zero-order valence-electron chi connectivity index (χ0n) is 11.9. The summed E-state index contributed by atoms with van der Waals surface area (Å²) in [4.78, 5) is 37.7. The van der Waals surface area contributed by atoms with E-state index in [1.807, 2.05) is 6.07 Å². The lowest BCUT2D eigenvalue weighted by molar-refractivity contribution is -0.141. The minimum atomic E-state index is -0.968. The molecule has 1 fully saturated rings. The summed E-state index contributed by atoms with van der Waals surface area (Å²) in [6.45, 7) is 0.452. The van der Waals surface area contributed by atoms with Crippen molar-refractivity contribution in [3.05, 3.63) is 23.8 Å². The van der Waals surface area contributed by atoms with Gasteiger partial charge in [0.2, 0.25) is 5.91 Å². The molecule has 2 N–H and O–H groups in total. The van der Waals surface area contributed by atoms with Crippen LogP contribution in [-0.2, 0) is 9.59 Å². The van der Waals surface area contributed by atoms with Gasteiger partial charge in [-0.2, -0.15) is 0 Å². The predicted molar refractivity (Wildman–Crippen MR) is 82.1 cm³/mol. The summed E-state index contributed by atoms with van der Waals surface area (Å²) >= 11 is 1.57. The molecule has 116 valence electrons. The van der Waals surface area contributed by atoms with E-state index in [2.05, 4.69) is 5.32 Å². The molecule has 0 spiro atoms. The molecular weight excluding hydrogens is 304 g/mol. The zero-order valence-corrected chi connectivity index (χ0v) is 12.7. The molecule has 7 heteroatoms. The van der Waals surface area contributed by atoms with Gasteiger partial charge in [0.05, 0.1) is 5.69 Å². The van der Waals surface area contributed by atoms with Crippen molar-refractivity contribution in [2.75, 3.05) is 17.6 Å². The van der Waals surface area contributed by atoms with E-state index in [1.54, 1.807) is 23.9 Å². The first-order valence-electron chi connectivity index (χ1n) is 7.17. The van der Waals surface area contributed by atoms with Gasteiger partial charge in [0.15, 0.2) is 0 Å². The van der Waals surface area contributed by atoms with E-state index in [0.29, 0.717) is 42.8 Å². The lowest BCUT2D eigenvalue weighted by Gasteiger charge is -2.22. The number of anilines is 1. The molecule has 22 heavy (non-hydrogen) atoms. The van der Waals surface area contributed by atoms with Crippen LogP contribution in [0.2, 0.25) is 0 Å². The maximum atomic E-state index is 12.6. The van der Waals surface area contributed by atoms with E-state index in [1.165, 1.54) is 4.90 Å². The Morgan fingerprint density at radius 2 is 2.18 bits per heavy atom. The zero-order chi connectivity index (χ0) is 15.7. The topological polar surface area (TPSA) is 86.7 Å². The average Bonchev–Trinajstić information content (AvgIpc) is 2.90. The van der Waals surface area contributed by atoms with E-state index in [0.717, 1.165) is 4.90 Å². The van der Waals surface area contributed by atoms with Crippen LogP contribution >= 0.6 is 11.8 Å². The van der Waals surface area contributed by atoms with Crippen molar-refractivity contribution in [3.8, 4) is 0 Å². The van der Waals surface area contributed by atoms with Crippen LogP contribution in [0.15, 0.2) is 23.1 Å². The SMILES string of the molecule is O=C1CCSc2ccc(C(=O)N3CCC[C@@H]3C(=O)O)cc2N1. The van der Waals surface area contributed by atoms with Crippen molar-refractivity contribution in [1.29, 1.82) is 0 Å². The number of carbonyl (C=O) groups excluding carboxylic acids is 2. The molecular formula is C15H16N2O4S. The third-order valence-corrected chi connectivity index (χ3v) is 4.96. The summed E-state index contributed by atoms with van der Waals surface area (Å²) in [7, 11) is 0. The molecule has 2 aliphatic heterocycles. The fraction of sp³-hybridized carbons (Fsp3) is 0.400. The lowest BCUT2D eigenvalue weighted by Crippen LogP contribution is -2.40. The van der Waals surface area contributed by atoms with E-state index >= 15 is 0 Å². The Balaban J connectivity index is 1.87. The number of fused-ring (bicyclic) bond motifs is 1. The van der Waals surface area contributed by atoms with Crippen LogP contribution in [-0.4, -0.2) is 46.1 Å². The quantitative estimate of drug-likeness (QED) is 0.868. The van der Waals surface area contributed by atoms with Crippen LogP contribution < -0.4 is 5.32 Å². The molecule has 2 heterocycles. The Morgan fingerprint density at radius 1 is 1.36 bits per heavy atom. The van der Waals surface area contributed by atoms with Crippen molar-refractivity contribution in [2.24, 2.45) is 0 Å². The maximum Gasteiger partial charge on any atom is 0.326 e. The highest BCUT2D eigenvalue weighted by molar-refractivity contribution is 7.99. The van der Waals surface area contributed by atoms with Crippen molar-refractivity contribution < 1.29 is 19.5 Å². The standard InChI is InChI=1S/C15H16N2O4S/c18-13-5-7-22-12-4-3-9(8-10(12)16-13)14(19)17-6-1-2-11(17)15(20)21/h3-4,8,11H,1-2,5-7H2,(H,16,18)(H,20,21)/t11-/m1/s1. The van der Waals surface area contributed by atoms with E-state index in [4.69, 9.17) is 0 Å². The molecule has 0 aliphatic carbocycles. The van der Waals surface area contributed by atoms with Gasteiger partial charge in [-0.05, 0) is 31.0 Å². The Bertz CT molecular complexity index is 646. The molecule has 1 aromatic rings. The summed E-state index contributed by atoms with van der Waals surface area (Å²) in [5, 5.41) is 12.0. The van der Waals surface area contributed by atoms with Gasteiger partial charge < -0.3 is 15.3 Å². The smallest absolute Gasteiger partial charge is 0.326 e. The molecule has 2 amide bonds. The molecule has 1 aromatic carbocycles. The molecule has 1 atom stereocenters. The number of hydrogen-bond acceptors (Lipinski definition) is 4. The fourth-order valence-corrected chi connectivity index (χ4v) is 3.72. The van der Waals surface area contributed by atoms with Gasteiger partial charge in [-0.15, -0.1) is 11.8 Å². The number of amides is 2. The monoisotopic (exact) mass is 320 g/mol. The number of benzene rings is 1. The van der Waals surface area contributed by atoms with Crippen LogP contribution in [0.4, 0.5) is 5.69 Å². The Hall–Kier alpha value is -2.02. The first kappa shape index (κ1) is 14.9. The van der Waals surface area contributed by atoms with E-state index in [9.17, 15) is 19.5 Å². The number of carbonyl (C=O) groups is 3. The summed E-state index contributed by atoms with van der Waals surface area (Å²) < 4.78 is 0. The first-order chi connectivity index (χ1) is 10.6. The van der Waals surface area contributed by atoms with E-state index < -0.39 is 12.0 Å². The maximum absolute atomic E-state index is 12.6. The Kier molecular flexibility index (Phi) is 4.06. The average molecular weight is 320 g/mol. The second-order valence-corrected chi connectivity index (χ2v) is 6.49. The molecule has 0 saturated carbocycles. The molecule has 0 aromatic heterocycles. The van der Waals surface area contributed by atoms with Gasteiger partial charge >= 0.3 is 5.97 Å². The number of rotatable bonds is 2. The third kappa shape index (κ3) is 2.81. The lowest BCUT2D eigenvalue weighted by atomic mass is 10.1. The second-order valence-electron chi connectivity index (χ2n) is 5.35. The number of aliphatic carboxylic acids is 1. The van der Waals surface area contributed by atoms with Gasteiger partial charge in [0.1, 0.15) is 6.04 Å². The fourth-order valence-electron chi connectivity index (χ4n) is 2.79. The highest BCUT2D eigenvalue weighted by Crippen LogP contribution is 2.32. The van der Waals surface area contributed by atoms with Gasteiger partial charge in [0, 0.05) is 29.2 Å². The normalized spacial score (nSPS) is 21.0. The van der Waals surface area contributed by atoms with Crippen molar-refractivity contribution in [3.63, 3.8) is 0 Å². The molecule has 0 bridgehead atoms. The molecule has 1 saturated heterocycles. The van der Waals surface area contributed by atoms with Gasteiger partial charge in [0.25, 0.3) is 5.91 Å². The summed E-state index contributed by atoms with van der Waals surface area (Å²) in [5.41, 5.74) is 1.04. The molecule has 3 rings (SSSR count). The number of nitrogens with one attached hydrogen (secondary N) is 1. The number of carboxylic acids is 1. The van der Waals surface area contributed by atoms with Crippen molar-refractivity contribution >= 4 is 35.2 Å². The Labute approximate surface area is 131 Å². The number of likely N-dealkylation sites (tertiary alicyclic amines) is 1. The molecule has 0 unspecified atom stereocenters. The van der Waals surface area contributed by atoms with Crippen LogP contribution in [0.5, 0.6) is 0 Å². The largest absolute Gasteiger partial charge is 0.480 e. The van der Waals surface area contributed by atoms with Crippen LogP contribution in [0.3, 0.4) is 0 Å². The van der Waals surface area contributed by atoms with Crippen LogP contribution in [0, 0.1) is 0 Å². The third-order valence-electron chi connectivity index (χ3n) is 3.89. The molecule has 0 radical (unpaired) electrons. The van der Waals surface area contributed by atoms with Gasteiger partial charge in [-0.1, -0.05) is 0 Å². The summed E-state index contributed by atoms with van der Waals surface area (Å²) in [5.74, 6) is -0.625. The summed E-state index contributed by atoms with van der Waals surface area (Å²) in [6, 6.07) is 4.40. The van der Waals surface area contributed by atoms with Crippen LogP contribution in [0.1, 0.15) is 29.6 Å². The first-order valence-corrected chi connectivity index (χ1v) is 8.15. The number of thioether (sulfide) groups is 1. The number of nitrogens with zero attached hydrogens (tertiary/aromatic N) is 1. The van der Waals surface area contributed by atoms with Gasteiger partial charge in [-0.3, -0.25) is 9.59 Å². The number of hydrogen-bond donors (Lipinski definition) is 2. The van der Waals surface area contributed by atoms with Crippen molar-refractivity contribution in [2.45, 2.75) is 30.2 Å². The minimum absolute atomic E-state index is 0.0690. The van der Waals surface area contributed by atoms with Crippen LogP contribution in [0.25, 0.3) is 0 Å².